The van der Waals surface area contributed by atoms with Crippen molar-refractivity contribution < 1.29 is 23.8 Å². The molecule has 4 aliphatic rings. The number of aryl methyl sites for hydroxylation is 1. The van der Waals surface area contributed by atoms with Crippen LogP contribution in [-0.2, 0) is 14.3 Å². The minimum Gasteiger partial charge on any atom is -0.467 e. The second kappa shape index (κ2) is 9.87. The molecule has 0 radical (unpaired) electrons. The highest BCUT2D eigenvalue weighted by atomic mass is 16.6. The summed E-state index contributed by atoms with van der Waals surface area (Å²) < 4.78 is 17.8. The highest BCUT2D eigenvalue weighted by Crippen LogP contribution is 2.39. The number of hydrogen-bond donors (Lipinski definition) is 1. The van der Waals surface area contributed by atoms with Gasteiger partial charge in [0.05, 0.1) is 24.8 Å². The molecule has 33 heavy (non-hydrogen) atoms. The summed E-state index contributed by atoms with van der Waals surface area (Å²) in [5.41, 5.74) is 1.70. The van der Waals surface area contributed by atoms with Crippen molar-refractivity contribution in [3.05, 3.63) is 23.4 Å². The molecule has 5 rings (SSSR count). The maximum absolute atomic E-state index is 13.3. The topological polar surface area (TPSA) is 90.0 Å². The van der Waals surface area contributed by atoms with E-state index in [0.717, 1.165) is 49.7 Å². The smallest absolute Gasteiger partial charge is 0.407 e. The van der Waals surface area contributed by atoms with Crippen LogP contribution >= 0.6 is 0 Å². The Labute approximate surface area is 196 Å². The summed E-state index contributed by atoms with van der Waals surface area (Å²) >= 11 is 0. The molecule has 182 valence electrons. The van der Waals surface area contributed by atoms with E-state index in [1.807, 2.05) is 31.7 Å². The molecule has 2 fully saturated rings. The van der Waals surface area contributed by atoms with Gasteiger partial charge in [0, 0.05) is 18.3 Å². The van der Waals surface area contributed by atoms with Crippen molar-refractivity contribution in [1.29, 1.82) is 0 Å². The van der Waals surface area contributed by atoms with Crippen LogP contribution in [-0.4, -0.2) is 65.4 Å². The third-order valence-electron chi connectivity index (χ3n) is 6.89. The summed E-state index contributed by atoms with van der Waals surface area (Å²) in [6.07, 6.45) is 6.95. The molecule has 1 saturated carbocycles. The molecule has 1 N–H and O–H groups in total. The molecule has 1 saturated heterocycles. The molecule has 8 heteroatoms. The van der Waals surface area contributed by atoms with Crippen molar-refractivity contribution in [2.45, 2.75) is 95.9 Å². The Balaban J connectivity index is 1.56. The fourth-order valence-electron chi connectivity index (χ4n) is 5.32. The maximum atomic E-state index is 13.3. The Kier molecular flexibility index (Phi) is 7.12. The van der Waals surface area contributed by atoms with Gasteiger partial charge in [0.15, 0.2) is 6.61 Å². The zero-order valence-corrected chi connectivity index (χ0v) is 20.3. The molecule has 1 aliphatic carbocycles. The fourth-order valence-corrected chi connectivity index (χ4v) is 5.32. The van der Waals surface area contributed by atoms with Crippen molar-refractivity contribution in [2.24, 2.45) is 0 Å². The Hall–Kier alpha value is -2.35. The van der Waals surface area contributed by atoms with E-state index in [2.05, 4.69) is 17.2 Å². The largest absolute Gasteiger partial charge is 0.467 e. The molecular formula is C25H37N3O5. The van der Waals surface area contributed by atoms with Crippen LogP contribution in [0.5, 0.6) is 5.88 Å². The van der Waals surface area contributed by atoms with Gasteiger partial charge in [-0.25, -0.2) is 9.78 Å². The first-order chi connectivity index (χ1) is 15.7. The van der Waals surface area contributed by atoms with Crippen LogP contribution in [0.3, 0.4) is 0 Å². The number of carbonyl (C=O) groups is 2. The molecule has 8 nitrogen and oxygen atoms in total. The summed E-state index contributed by atoms with van der Waals surface area (Å²) in [4.78, 5) is 32.0. The maximum Gasteiger partial charge on any atom is 0.407 e. The number of fused-ring (bicyclic) bond motifs is 5. The molecule has 0 unspecified atom stereocenters. The third-order valence-corrected chi connectivity index (χ3v) is 6.89. The Morgan fingerprint density at radius 2 is 1.97 bits per heavy atom. The second-order valence-electron chi connectivity index (χ2n) is 10.5. The first-order valence-corrected chi connectivity index (χ1v) is 12.2. The average molecular weight is 460 g/mol. The third kappa shape index (κ3) is 5.78. The van der Waals surface area contributed by atoms with E-state index in [4.69, 9.17) is 14.2 Å². The van der Waals surface area contributed by atoms with E-state index in [0.29, 0.717) is 24.9 Å². The SMILES string of the molecule is Cc1ccnc2c1C1CCC(CC1)OC[C@H]1[C@@H](NC(=O)OC(C)(C)C)CCCN1C(=O)CO2. The number of nitrogens with zero attached hydrogens (tertiary/aromatic N) is 2. The average Bonchev–Trinajstić information content (AvgIpc) is 2.76. The van der Waals surface area contributed by atoms with E-state index < -0.39 is 11.7 Å². The van der Waals surface area contributed by atoms with Crippen molar-refractivity contribution in [3.63, 3.8) is 0 Å². The number of amides is 2. The van der Waals surface area contributed by atoms with Crippen LogP contribution in [0.15, 0.2) is 12.3 Å². The van der Waals surface area contributed by atoms with Crippen molar-refractivity contribution in [3.8, 4) is 5.88 Å². The minimum absolute atomic E-state index is 0.0741. The molecule has 0 spiro atoms. The van der Waals surface area contributed by atoms with Gasteiger partial charge in [0.25, 0.3) is 5.91 Å². The first-order valence-electron chi connectivity index (χ1n) is 12.2. The number of piperidine rings is 1. The zero-order valence-electron chi connectivity index (χ0n) is 20.3. The van der Waals surface area contributed by atoms with Crippen molar-refractivity contribution in [1.82, 2.24) is 15.2 Å². The predicted molar refractivity (Wildman–Crippen MR) is 123 cm³/mol. The van der Waals surface area contributed by atoms with Crippen molar-refractivity contribution >= 4 is 12.0 Å². The second-order valence-corrected chi connectivity index (χ2v) is 10.5. The van der Waals surface area contributed by atoms with E-state index in [1.54, 1.807) is 6.20 Å². The number of ether oxygens (including phenoxy) is 3. The van der Waals surface area contributed by atoms with Crippen LogP contribution in [0.2, 0.25) is 0 Å². The normalized spacial score (nSPS) is 28.4. The van der Waals surface area contributed by atoms with E-state index >= 15 is 0 Å². The predicted octanol–water partition coefficient (Wildman–Crippen LogP) is 3.71. The Morgan fingerprint density at radius 1 is 1.21 bits per heavy atom. The van der Waals surface area contributed by atoms with Gasteiger partial charge in [-0.3, -0.25) is 4.79 Å². The van der Waals surface area contributed by atoms with Gasteiger partial charge in [-0.15, -0.1) is 0 Å². The standard InChI is InChI=1S/C25H37N3O5/c1-16-11-12-26-23-22(16)17-7-9-18(10-8-17)31-14-20-19(27-24(30)33-25(2,3)4)6-5-13-28(20)21(29)15-32-23/h11-12,17-20H,5-10,13-15H2,1-4H3,(H,27,30)/t17?,18?,19-,20-/m0/s1. The summed E-state index contributed by atoms with van der Waals surface area (Å²) in [5.74, 6) is 0.831. The van der Waals surface area contributed by atoms with E-state index in [-0.39, 0.29) is 30.7 Å². The van der Waals surface area contributed by atoms with E-state index in [1.165, 1.54) is 0 Å². The quantitative estimate of drug-likeness (QED) is 0.689. The van der Waals surface area contributed by atoms with Gasteiger partial charge >= 0.3 is 6.09 Å². The molecule has 2 amide bonds. The number of alkyl carbamates (subject to hydrolysis) is 1. The van der Waals surface area contributed by atoms with Crippen LogP contribution in [0.25, 0.3) is 0 Å². The highest BCUT2D eigenvalue weighted by Gasteiger charge is 2.38. The number of nitrogens with one attached hydrogen (secondary N) is 1. The molecule has 4 heterocycles. The van der Waals surface area contributed by atoms with Crippen LogP contribution in [0, 0.1) is 6.92 Å². The lowest BCUT2D eigenvalue weighted by atomic mass is 9.81. The Morgan fingerprint density at radius 3 is 2.70 bits per heavy atom. The van der Waals surface area contributed by atoms with Gasteiger partial charge in [-0.1, -0.05) is 0 Å². The number of carbonyl (C=O) groups excluding carboxylic acids is 2. The highest BCUT2D eigenvalue weighted by molar-refractivity contribution is 5.78. The molecule has 1 aromatic heterocycles. The van der Waals surface area contributed by atoms with Crippen LogP contribution in [0.1, 0.15) is 76.3 Å². The van der Waals surface area contributed by atoms with Gasteiger partial charge in [0.2, 0.25) is 5.88 Å². The number of rotatable bonds is 1. The summed E-state index contributed by atoms with van der Waals surface area (Å²) in [6.45, 7) is 8.54. The lowest BCUT2D eigenvalue weighted by Gasteiger charge is -2.42. The van der Waals surface area contributed by atoms with Gasteiger partial charge in [-0.2, -0.15) is 0 Å². The Bertz CT molecular complexity index is 860. The number of hydrogen-bond acceptors (Lipinski definition) is 6. The fraction of sp³-hybridized carbons (Fsp3) is 0.720. The molecule has 2 atom stereocenters. The van der Waals surface area contributed by atoms with Crippen molar-refractivity contribution in [2.75, 3.05) is 19.8 Å². The molecule has 0 aromatic carbocycles. The molecular weight excluding hydrogens is 422 g/mol. The van der Waals surface area contributed by atoms with Gasteiger partial charge < -0.3 is 24.4 Å². The number of pyridine rings is 1. The monoisotopic (exact) mass is 459 g/mol. The van der Waals surface area contributed by atoms with Crippen LogP contribution in [0.4, 0.5) is 4.79 Å². The van der Waals surface area contributed by atoms with Gasteiger partial charge in [-0.05, 0) is 83.8 Å². The van der Waals surface area contributed by atoms with Crippen LogP contribution < -0.4 is 10.1 Å². The summed E-state index contributed by atoms with van der Waals surface area (Å²) in [7, 11) is 0. The van der Waals surface area contributed by atoms with E-state index in [9.17, 15) is 9.59 Å². The summed E-state index contributed by atoms with van der Waals surface area (Å²) in [5, 5.41) is 3.00. The molecule has 2 bridgehead atoms. The molecule has 3 aliphatic heterocycles. The number of aromatic nitrogens is 1. The first kappa shape index (κ1) is 23.8. The minimum atomic E-state index is -0.583. The molecule has 1 aromatic rings. The van der Waals surface area contributed by atoms with Gasteiger partial charge in [0.1, 0.15) is 5.60 Å². The lowest BCUT2D eigenvalue weighted by molar-refractivity contribution is -0.141. The zero-order chi connectivity index (χ0) is 23.6. The summed E-state index contributed by atoms with van der Waals surface area (Å²) in [6, 6.07) is 1.52. The lowest BCUT2D eigenvalue weighted by Crippen LogP contribution is -2.60.